The molecule has 0 radical (unpaired) electrons. The molecule has 0 saturated carbocycles. The van der Waals surface area contributed by atoms with Gasteiger partial charge in [-0.05, 0) is 24.3 Å². The van der Waals surface area contributed by atoms with Gasteiger partial charge in [0.25, 0.3) is 0 Å². The first-order valence-electron chi connectivity index (χ1n) is 9.39. The Kier molecular flexibility index (Phi) is 5.57. The summed E-state index contributed by atoms with van der Waals surface area (Å²) in [6.45, 7) is 1.70. The molecule has 7 nitrogen and oxygen atoms in total. The molecule has 2 aromatic rings. The molecule has 1 aromatic heterocycles. The zero-order valence-corrected chi connectivity index (χ0v) is 16.9. The van der Waals surface area contributed by atoms with E-state index in [4.69, 9.17) is 4.74 Å². The molecule has 0 aliphatic carbocycles. The van der Waals surface area contributed by atoms with Crippen LogP contribution in [0.5, 0.6) is 5.88 Å². The van der Waals surface area contributed by atoms with Gasteiger partial charge in [-0.15, -0.1) is 5.10 Å². The van der Waals surface area contributed by atoms with Crippen LogP contribution in [0.25, 0.3) is 0 Å². The lowest BCUT2D eigenvalue weighted by atomic mass is 10.0. The fraction of sp³-hybridized carbons (Fsp3) is 0.400. The van der Waals surface area contributed by atoms with Gasteiger partial charge in [-0.2, -0.15) is 5.10 Å². The van der Waals surface area contributed by atoms with E-state index in [9.17, 15) is 9.59 Å². The number of halogens is 1. The average Bonchev–Trinajstić information content (AvgIpc) is 3.10. The minimum Gasteiger partial charge on any atom is -0.473 e. The summed E-state index contributed by atoms with van der Waals surface area (Å²) in [6.07, 6.45) is 3.40. The van der Waals surface area contributed by atoms with Crippen molar-refractivity contribution in [2.45, 2.75) is 25.4 Å². The molecule has 2 amide bonds. The van der Waals surface area contributed by atoms with E-state index in [1.807, 2.05) is 29.2 Å². The van der Waals surface area contributed by atoms with Gasteiger partial charge in [0, 0.05) is 61.3 Å². The van der Waals surface area contributed by atoms with E-state index in [1.165, 1.54) is 0 Å². The molecule has 0 N–H and O–H groups in total. The first kappa shape index (κ1) is 18.9. The molecule has 0 bridgehead atoms. The Morgan fingerprint density at radius 1 is 1.18 bits per heavy atom. The number of benzene rings is 1. The third-order valence-electron chi connectivity index (χ3n) is 5.18. The highest BCUT2D eigenvalue weighted by Crippen LogP contribution is 2.29. The Balaban J connectivity index is 1.32. The van der Waals surface area contributed by atoms with Crippen molar-refractivity contribution in [3.8, 4) is 5.88 Å². The largest absolute Gasteiger partial charge is 0.473 e. The van der Waals surface area contributed by atoms with Gasteiger partial charge in [0.15, 0.2) is 0 Å². The van der Waals surface area contributed by atoms with E-state index in [1.54, 1.807) is 23.2 Å². The standard InChI is InChI=1S/C20H21BrN4O3/c21-15-3-1-4-16(12-15)25-13-14(11-19(25)26)20(27)24-9-6-17(7-10-24)28-18-5-2-8-22-23-18/h1-5,8,12,14,17H,6-7,9-11,13H2/t14-/m1/s1. The fourth-order valence-electron chi connectivity index (χ4n) is 3.74. The predicted molar refractivity (Wildman–Crippen MR) is 107 cm³/mol. The molecule has 28 heavy (non-hydrogen) atoms. The number of nitrogens with zero attached hydrogens (tertiary/aromatic N) is 4. The third-order valence-corrected chi connectivity index (χ3v) is 5.68. The molecule has 1 atom stereocenters. The topological polar surface area (TPSA) is 75.6 Å². The normalized spacial score (nSPS) is 20.5. The summed E-state index contributed by atoms with van der Waals surface area (Å²) in [6, 6.07) is 11.2. The zero-order chi connectivity index (χ0) is 19.5. The smallest absolute Gasteiger partial charge is 0.233 e. The van der Waals surface area contributed by atoms with Crippen LogP contribution >= 0.6 is 15.9 Å². The van der Waals surface area contributed by atoms with E-state index >= 15 is 0 Å². The van der Waals surface area contributed by atoms with E-state index < -0.39 is 0 Å². The minimum absolute atomic E-state index is 0.00248. The number of hydrogen-bond donors (Lipinski definition) is 0. The molecule has 2 aliphatic heterocycles. The van der Waals surface area contributed by atoms with E-state index in [0.29, 0.717) is 25.5 Å². The predicted octanol–water partition coefficient (Wildman–Crippen LogP) is 2.66. The lowest BCUT2D eigenvalue weighted by Gasteiger charge is -2.33. The zero-order valence-electron chi connectivity index (χ0n) is 15.3. The Morgan fingerprint density at radius 2 is 2.00 bits per heavy atom. The summed E-state index contributed by atoms with van der Waals surface area (Å²) in [5, 5.41) is 7.75. The van der Waals surface area contributed by atoms with E-state index in [-0.39, 0.29) is 30.3 Å². The molecule has 2 fully saturated rings. The second-order valence-electron chi connectivity index (χ2n) is 7.09. The first-order chi connectivity index (χ1) is 13.6. The molecular weight excluding hydrogens is 424 g/mol. The number of ether oxygens (including phenoxy) is 1. The summed E-state index contributed by atoms with van der Waals surface area (Å²) < 4.78 is 6.75. The number of carbonyl (C=O) groups excluding carboxylic acids is 2. The summed E-state index contributed by atoms with van der Waals surface area (Å²) in [5.41, 5.74) is 0.825. The summed E-state index contributed by atoms with van der Waals surface area (Å²) in [4.78, 5) is 28.9. The molecule has 4 rings (SSSR count). The van der Waals surface area contributed by atoms with Gasteiger partial charge < -0.3 is 14.5 Å². The van der Waals surface area contributed by atoms with Crippen molar-refractivity contribution in [3.05, 3.63) is 47.1 Å². The Morgan fingerprint density at radius 3 is 2.71 bits per heavy atom. The monoisotopic (exact) mass is 444 g/mol. The highest BCUT2D eigenvalue weighted by Gasteiger charge is 2.38. The van der Waals surface area contributed by atoms with Crippen molar-refractivity contribution in [1.29, 1.82) is 0 Å². The summed E-state index contributed by atoms with van der Waals surface area (Å²) >= 11 is 3.43. The van der Waals surface area contributed by atoms with Crippen molar-refractivity contribution >= 4 is 33.4 Å². The minimum atomic E-state index is -0.288. The van der Waals surface area contributed by atoms with Crippen LogP contribution in [0.4, 0.5) is 5.69 Å². The number of likely N-dealkylation sites (tertiary alicyclic amines) is 1. The Hall–Kier alpha value is -2.48. The SMILES string of the molecule is O=C([C@@H]1CC(=O)N(c2cccc(Br)c2)C1)N1CCC(Oc2cccnn2)CC1. The maximum absolute atomic E-state index is 12.9. The lowest BCUT2D eigenvalue weighted by Crippen LogP contribution is -2.45. The maximum atomic E-state index is 12.9. The van der Waals surface area contributed by atoms with E-state index in [2.05, 4.69) is 26.1 Å². The quantitative estimate of drug-likeness (QED) is 0.724. The maximum Gasteiger partial charge on any atom is 0.233 e. The van der Waals surface area contributed by atoms with E-state index in [0.717, 1.165) is 23.0 Å². The highest BCUT2D eigenvalue weighted by atomic mass is 79.9. The van der Waals surface area contributed by atoms with Crippen LogP contribution < -0.4 is 9.64 Å². The van der Waals surface area contributed by atoms with Gasteiger partial charge in [0.2, 0.25) is 17.7 Å². The Labute approximate surface area is 171 Å². The number of hydrogen-bond acceptors (Lipinski definition) is 5. The van der Waals surface area contributed by atoms with Crippen LogP contribution in [0.2, 0.25) is 0 Å². The van der Waals surface area contributed by atoms with Crippen LogP contribution in [0.3, 0.4) is 0 Å². The highest BCUT2D eigenvalue weighted by molar-refractivity contribution is 9.10. The Bertz CT molecular complexity index is 856. The van der Waals surface area contributed by atoms with Crippen molar-refractivity contribution in [1.82, 2.24) is 15.1 Å². The van der Waals surface area contributed by atoms with Gasteiger partial charge in [-0.3, -0.25) is 9.59 Å². The molecule has 146 valence electrons. The lowest BCUT2D eigenvalue weighted by molar-refractivity contribution is -0.137. The van der Waals surface area contributed by atoms with Crippen molar-refractivity contribution in [2.24, 2.45) is 5.92 Å². The van der Waals surface area contributed by atoms with Crippen molar-refractivity contribution < 1.29 is 14.3 Å². The van der Waals surface area contributed by atoms with Crippen LogP contribution in [-0.4, -0.2) is 52.6 Å². The van der Waals surface area contributed by atoms with Crippen LogP contribution in [0.1, 0.15) is 19.3 Å². The van der Waals surface area contributed by atoms with Gasteiger partial charge in [-0.25, -0.2) is 0 Å². The van der Waals surface area contributed by atoms with Gasteiger partial charge in [0.1, 0.15) is 6.10 Å². The fourth-order valence-corrected chi connectivity index (χ4v) is 4.13. The summed E-state index contributed by atoms with van der Waals surface area (Å²) in [7, 11) is 0. The number of amides is 2. The molecule has 2 saturated heterocycles. The molecular formula is C20H21BrN4O3. The summed E-state index contributed by atoms with van der Waals surface area (Å²) in [5.74, 6) is 0.281. The molecule has 8 heteroatoms. The van der Waals surface area contributed by atoms with Gasteiger partial charge in [-0.1, -0.05) is 22.0 Å². The number of aromatic nitrogens is 2. The number of rotatable bonds is 4. The molecule has 0 spiro atoms. The first-order valence-corrected chi connectivity index (χ1v) is 10.2. The molecule has 0 unspecified atom stereocenters. The second kappa shape index (κ2) is 8.26. The van der Waals surface area contributed by atoms with Crippen molar-refractivity contribution in [2.75, 3.05) is 24.5 Å². The van der Waals surface area contributed by atoms with Crippen LogP contribution in [0.15, 0.2) is 47.1 Å². The number of piperidine rings is 1. The average molecular weight is 445 g/mol. The number of anilines is 1. The van der Waals surface area contributed by atoms with Crippen molar-refractivity contribution in [3.63, 3.8) is 0 Å². The van der Waals surface area contributed by atoms with Crippen LogP contribution in [0, 0.1) is 5.92 Å². The third kappa shape index (κ3) is 4.16. The van der Waals surface area contributed by atoms with Crippen LogP contribution in [-0.2, 0) is 9.59 Å². The number of carbonyl (C=O) groups is 2. The van der Waals surface area contributed by atoms with Gasteiger partial charge in [0.05, 0.1) is 5.92 Å². The molecule has 3 heterocycles. The molecule has 1 aromatic carbocycles. The second-order valence-corrected chi connectivity index (χ2v) is 8.01. The molecule has 2 aliphatic rings. The van der Waals surface area contributed by atoms with Gasteiger partial charge >= 0.3 is 0 Å².